The normalized spacial score (nSPS) is 13.7. The van der Waals surface area contributed by atoms with E-state index in [0.29, 0.717) is 43.0 Å². The van der Waals surface area contributed by atoms with E-state index in [4.69, 9.17) is 0 Å². The molecule has 1 aromatic heterocycles. The predicted molar refractivity (Wildman–Crippen MR) is 162 cm³/mol. The first-order chi connectivity index (χ1) is 20.4. The molecule has 214 valence electrons. The van der Waals surface area contributed by atoms with Crippen LogP contribution >= 0.6 is 11.3 Å². The molecule has 1 unspecified atom stereocenters. The summed E-state index contributed by atoms with van der Waals surface area (Å²) in [5, 5.41) is 17.0. The Bertz CT molecular complexity index is 1550. The van der Waals surface area contributed by atoms with Gasteiger partial charge in [0.25, 0.3) is 17.7 Å². The van der Waals surface area contributed by atoms with Gasteiger partial charge < -0.3 is 25.5 Å². The number of carboxylic acid groups (broad SMARTS) is 1. The van der Waals surface area contributed by atoms with Crippen molar-refractivity contribution >= 4 is 46.4 Å². The van der Waals surface area contributed by atoms with Gasteiger partial charge in [0.1, 0.15) is 0 Å². The van der Waals surface area contributed by atoms with E-state index in [2.05, 4.69) is 15.5 Å². The molecule has 1 fully saturated rings. The van der Waals surface area contributed by atoms with Crippen LogP contribution in [0.1, 0.15) is 48.4 Å². The fourth-order valence-electron chi connectivity index (χ4n) is 4.88. The average Bonchev–Trinajstić information content (AvgIpc) is 3.56. The third-order valence-corrected chi connectivity index (χ3v) is 8.03. The maximum Gasteiger partial charge on any atom is 0.305 e. The highest BCUT2D eigenvalue weighted by Gasteiger charge is 2.26. The predicted octanol–water partition coefficient (Wildman–Crippen LogP) is 4.91. The third kappa shape index (κ3) is 6.84. The number of thiophene rings is 1. The fraction of sp³-hybridized carbons (Fsp3) is 0.188. The van der Waals surface area contributed by atoms with Gasteiger partial charge >= 0.3 is 5.97 Å². The highest BCUT2D eigenvalue weighted by molar-refractivity contribution is 7.10. The fourth-order valence-corrected chi connectivity index (χ4v) is 5.66. The van der Waals surface area contributed by atoms with Gasteiger partial charge in [0, 0.05) is 47.7 Å². The number of benzene rings is 3. The lowest BCUT2D eigenvalue weighted by atomic mass is 10.1. The minimum Gasteiger partial charge on any atom is -0.481 e. The zero-order valence-electron chi connectivity index (χ0n) is 22.7. The minimum atomic E-state index is -1.02. The smallest absolute Gasteiger partial charge is 0.305 e. The van der Waals surface area contributed by atoms with Crippen molar-refractivity contribution < 1.29 is 24.3 Å². The maximum absolute atomic E-state index is 13.3. The lowest BCUT2D eigenvalue weighted by Crippen LogP contribution is -2.49. The van der Waals surface area contributed by atoms with Crippen LogP contribution in [0, 0.1) is 0 Å². The molecule has 0 aliphatic carbocycles. The van der Waals surface area contributed by atoms with E-state index in [1.54, 1.807) is 66.7 Å². The molecule has 1 aliphatic rings. The van der Waals surface area contributed by atoms with E-state index in [-0.39, 0.29) is 23.8 Å². The zero-order valence-corrected chi connectivity index (χ0v) is 23.5. The standard InChI is InChI=1S/C32H30N4O5S/c37-29(38)21-26(28-12-7-19-42-28)34-31(40)24-13-14-27(25(20-24)33-30(39)22-8-3-1-4-9-22)35-15-17-36(18-16-35)32(41)23-10-5-2-6-11-23/h1-14,19-20,26H,15-18,21H2,(H,33,39)(H,34,40)(H,37,38). The van der Waals surface area contributed by atoms with E-state index < -0.39 is 17.9 Å². The first kappa shape index (κ1) is 28.6. The number of rotatable bonds is 9. The summed E-state index contributed by atoms with van der Waals surface area (Å²) in [6.45, 7) is 2.08. The molecular formula is C32H30N4O5S. The molecule has 0 spiro atoms. The van der Waals surface area contributed by atoms with Crippen LogP contribution in [-0.2, 0) is 4.79 Å². The number of nitrogens with one attached hydrogen (secondary N) is 2. The number of amides is 3. The molecule has 0 bridgehead atoms. The molecule has 10 heteroatoms. The Labute approximate surface area is 247 Å². The van der Waals surface area contributed by atoms with Crippen LogP contribution in [-0.4, -0.2) is 59.9 Å². The van der Waals surface area contributed by atoms with Crippen LogP contribution in [0.15, 0.2) is 96.4 Å². The summed E-state index contributed by atoms with van der Waals surface area (Å²) in [5.41, 5.74) is 2.57. The van der Waals surface area contributed by atoms with Crippen LogP contribution in [0.5, 0.6) is 0 Å². The lowest BCUT2D eigenvalue weighted by molar-refractivity contribution is -0.137. The second-order valence-electron chi connectivity index (χ2n) is 9.84. The Kier molecular flexibility index (Phi) is 8.93. The molecule has 1 saturated heterocycles. The van der Waals surface area contributed by atoms with Crippen molar-refractivity contribution in [1.82, 2.24) is 10.2 Å². The number of aliphatic carboxylic acids is 1. The van der Waals surface area contributed by atoms with Crippen LogP contribution in [0.2, 0.25) is 0 Å². The summed E-state index contributed by atoms with van der Waals surface area (Å²) in [7, 11) is 0. The number of hydrogen-bond donors (Lipinski definition) is 3. The van der Waals surface area contributed by atoms with Crippen molar-refractivity contribution in [3.63, 3.8) is 0 Å². The van der Waals surface area contributed by atoms with Gasteiger partial charge in [-0.15, -0.1) is 11.3 Å². The van der Waals surface area contributed by atoms with Crippen molar-refractivity contribution in [3.05, 3.63) is 118 Å². The molecule has 1 atom stereocenters. The van der Waals surface area contributed by atoms with Gasteiger partial charge in [0.05, 0.1) is 23.8 Å². The van der Waals surface area contributed by atoms with E-state index in [1.165, 1.54) is 11.3 Å². The van der Waals surface area contributed by atoms with E-state index >= 15 is 0 Å². The van der Waals surface area contributed by atoms with Gasteiger partial charge in [-0.1, -0.05) is 42.5 Å². The van der Waals surface area contributed by atoms with Gasteiger partial charge in [-0.05, 0) is 53.9 Å². The molecule has 3 amide bonds. The summed E-state index contributed by atoms with van der Waals surface area (Å²) in [5.74, 6) is -1.82. The van der Waals surface area contributed by atoms with Gasteiger partial charge in [-0.25, -0.2) is 0 Å². The second kappa shape index (κ2) is 13.1. The van der Waals surface area contributed by atoms with E-state index in [1.807, 2.05) is 34.5 Å². The molecule has 0 radical (unpaired) electrons. The Balaban J connectivity index is 1.37. The van der Waals surface area contributed by atoms with Crippen molar-refractivity contribution in [2.24, 2.45) is 0 Å². The second-order valence-corrected chi connectivity index (χ2v) is 10.8. The Morgan fingerprint density at radius 1 is 0.762 bits per heavy atom. The van der Waals surface area contributed by atoms with Gasteiger partial charge in [0.15, 0.2) is 0 Å². The molecule has 0 saturated carbocycles. The van der Waals surface area contributed by atoms with E-state index in [9.17, 15) is 24.3 Å². The molecule has 5 rings (SSSR count). The molecule has 4 aromatic rings. The summed E-state index contributed by atoms with van der Waals surface area (Å²) >= 11 is 1.37. The average molecular weight is 583 g/mol. The summed E-state index contributed by atoms with van der Waals surface area (Å²) in [4.78, 5) is 55.5. The Morgan fingerprint density at radius 2 is 1.43 bits per heavy atom. The molecule has 42 heavy (non-hydrogen) atoms. The first-order valence-corrected chi connectivity index (χ1v) is 14.4. The van der Waals surface area contributed by atoms with Crippen molar-refractivity contribution in [1.29, 1.82) is 0 Å². The van der Waals surface area contributed by atoms with Gasteiger partial charge in [0.2, 0.25) is 0 Å². The number of carboxylic acids is 1. The number of carbonyl (C=O) groups is 4. The van der Waals surface area contributed by atoms with Crippen LogP contribution in [0.3, 0.4) is 0 Å². The number of hydrogen-bond acceptors (Lipinski definition) is 6. The summed E-state index contributed by atoms with van der Waals surface area (Å²) < 4.78 is 0. The van der Waals surface area contributed by atoms with Crippen LogP contribution in [0.4, 0.5) is 11.4 Å². The first-order valence-electron chi connectivity index (χ1n) is 13.5. The largest absolute Gasteiger partial charge is 0.481 e. The molecule has 9 nitrogen and oxygen atoms in total. The highest BCUT2D eigenvalue weighted by Crippen LogP contribution is 2.30. The van der Waals surface area contributed by atoms with Crippen LogP contribution in [0.25, 0.3) is 0 Å². The summed E-state index contributed by atoms with van der Waals surface area (Å²) in [6.07, 6.45) is -0.256. The van der Waals surface area contributed by atoms with Crippen LogP contribution < -0.4 is 15.5 Å². The molecule has 3 aromatic carbocycles. The Hall–Kier alpha value is -4.96. The van der Waals surface area contributed by atoms with E-state index in [0.717, 1.165) is 10.6 Å². The lowest BCUT2D eigenvalue weighted by Gasteiger charge is -2.37. The third-order valence-electron chi connectivity index (χ3n) is 7.04. The highest BCUT2D eigenvalue weighted by atomic mass is 32.1. The topological polar surface area (TPSA) is 119 Å². The number of nitrogens with zero attached hydrogens (tertiary/aromatic N) is 2. The number of piperazine rings is 1. The van der Waals surface area contributed by atoms with Gasteiger partial charge in [-0.3, -0.25) is 19.2 Å². The quantitative estimate of drug-likeness (QED) is 0.258. The molecular weight excluding hydrogens is 552 g/mol. The zero-order chi connectivity index (χ0) is 29.5. The molecule has 1 aliphatic heterocycles. The Morgan fingerprint density at radius 3 is 2.05 bits per heavy atom. The van der Waals surface area contributed by atoms with Crippen molar-refractivity contribution in [3.8, 4) is 0 Å². The molecule has 3 N–H and O–H groups in total. The minimum absolute atomic E-state index is 0.0264. The summed E-state index contributed by atoms with van der Waals surface area (Å²) in [6, 6.07) is 25.9. The number of carbonyl (C=O) groups excluding carboxylic acids is 3. The maximum atomic E-state index is 13.3. The SMILES string of the molecule is O=C(O)CC(NC(=O)c1ccc(N2CCN(C(=O)c3ccccc3)CC2)c(NC(=O)c2ccccc2)c1)c1cccs1. The van der Waals surface area contributed by atoms with Gasteiger partial charge in [-0.2, -0.15) is 0 Å². The van der Waals surface area contributed by atoms with Crippen molar-refractivity contribution in [2.75, 3.05) is 36.4 Å². The van der Waals surface area contributed by atoms with Crippen molar-refractivity contribution in [2.45, 2.75) is 12.5 Å². The number of anilines is 2. The molecule has 2 heterocycles. The monoisotopic (exact) mass is 582 g/mol.